The van der Waals surface area contributed by atoms with Crippen molar-refractivity contribution >= 4 is 11.6 Å². The molecular weight excluding hydrogens is 324 g/mol. The predicted molar refractivity (Wildman–Crippen MR) is 104 cm³/mol. The number of carbonyl (C=O) groups is 1. The minimum absolute atomic E-state index is 0.265. The number of amides is 1. The van der Waals surface area contributed by atoms with Gasteiger partial charge in [-0.3, -0.25) is 9.69 Å². The topological polar surface area (TPSA) is 31.7 Å². The van der Waals surface area contributed by atoms with E-state index in [-0.39, 0.29) is 5.91 Å². The SMILES string of the molecule is Cc1cccc(N2CCN(C(=O)CN3CCn4cccc4[C@H]3C)CC2)c1. The Morgan fingerprint density at radius 1 is 1.04 bits per heavy atom. The number of carbonyl (C=O) groups excluding carboxylic acids is 1. The van der Waals surface area contributed by atoms with Gasteiger partial charge in [0.15, 0.2) is 0 Å². The maximum Gasteiger partial charge on any atom is 0.236 e. The van der Waals surface area contributed by atoms with Gasteiger partial charge in [0.2, 0.25) is 5.91 Å². The standard InChI is InChI=1S/C21H28N4O/c1-17-5-3-6-19(15-17)22-9-12-24(13-10-22)21(26)16-25-14-11-23-8-4-7-20(23)18(25)2/h3-8,15,18H,9-14,16H2,1-2H3/t18-/m1/s1. The normalized spacial score (nSPS) is 20.9. The highest BCUT2D eigenvalue weighted by Crippen LogP contribution is 2.25. The molecule has 1 aromatic heterocycles. The second-order valence-electron chi connectivity index (χ2n) is 7.48. The van der Waals surface area contributed by atoms with Crippen molar-refractivity contribution in [3.63, 3.8) is 0 Å². The van der Waals surface area contributed by atoms with Gasteiger partial charge in [-0.15, -0.1) is 0 Å². The second-order valence-corrected chi connectivity index (χ2v) is 7.48. The minimum Gasteiger partial charge on any atom is -0.368 e. The highest BCUT2D eigenvalue weighted by atomic mass is 16.2. The summed E-state index contributed by atoms with van der Waals surface area (Å²) >= 11 is 0. The van der Waals surface area contributed by atoms with Gasteiger partial charge in [0, 0.05) is 62.9 Å². The zero-order valence-electron chi connectivity index (χ0n) is 15.8. The van der Waals surface area contributed by atoms with Crippen LogP contribution in [0.2, 0.25) is 0 Å². The van der Waals surface area contributed by atoms with E-state index in [4.69, 9.17) is 0 Å². The average Bonchev–Trinajstić information content (AvgIpc) is 3.14. The summed E-state index contributed by atoms with van der Waals surface area (Å²) in [5.41, 5.74) is 3.86. The summed E-state index contributed by atoms with van der Waals surface area (Å²) in [4.78, 5) is 19.5. The molecule has 1 saturated heterocycles. The number of anilines is 1. The molecule has 0 bridgehead atoms. The number of benzene rings is 1. The van der Waals surface area contributed by atoms with E-state index in [0.29, 0.717) is 12.6 Å². The van der Waals surface area contributed by atoms with Crippen molar-refractivity contribution in [1.29, 1.82) is 0 Å². The number of aryl methyl sites for hydroxylation is 1. The third-order valence-electron chi connectivity index (χ3n) is 5.81. The molecule has 5 heteroatoms. The van der Waals surface area contributed by atoms with Gasteiger partial charge >= 0.3 is 0 Å². The number of hydrogen-bond donors (Lipinski definition) is 0. The highest BCUT2D eigenvalue weighted by molar-refractivity contribution is 5.78. The van der Waals surface area contributed by atoms with E-state index in [1.54, 1.807) is 0 Å². The van der Waals surface area contributed by atoms with Crippen molar-refractivity contribution in [2.45, 2.75) is 26.4 Å². The number of rotatable bonds is 3. The van der Waals surface area contributed by atoms with Gasteiger partial charge < -0.3 is 14.4 Å². The van der Waals surface area contributed by atoms with E-state index in [2.05, 4.69) is 70.8 Å². The maximum absolute atomic E-state index is 12.8. The Bertz CT molecular complexity index is 776. The average molecular weight is 352 g/mol. The first-order valence-corrected chi connectivity index (χ1v) is 9.60. The predicted octanol–water partition coefficient (Wildman–Crippen LogP) is 2.52. The monoisotopic (exact) mass is 352 g/mol. The molecule has 1 atom stereocenters. The lowest BCUT2D eigenvalue weighted by atomic mass is 10.1. The molecule has 5 nitrogen and oxygen atoms in total. The fourth-order valence-electron chi connectivity index (χ4n) is 4.16. The Morgan fingerprint density at radius 3 is 2.62 bits per heavy atom. The van der Waals surface area contributed by atoms with Crippen LogP contribution in [-0.2, 0) is 11.3 Å². The maximum atomic E-state index is 12.8. The van der Waals surface area contributed by atoms with Gasteiger partial charge in [-0.05, 0) is 43.7 Å². The van der Waals surface area contributed by atoms with Crippen LogP contribution in [0.15, 0.2) is 42.6 Å². The first kappa shape index (κ1) is 17.2. The number of aromatic nitrogens is 1. The van der Waals surface area contributed by atoms with Crippen LogP contribution in [0.25, 0.3) is 0 Å². The molecule has 1 fully saturated rings. The molecule has 0 unspecified atom stereocenters. The van der Waals surface area contributed by atoms with E-state index >= 15 is 0 Å². The van der Waals surface area contributed by atoms with Gasteiger partial charge in [-0.1, -0.05) is 12.1 Å². The summed E-state index contributed by atoms with van der Waals surface area (Å²) in [5.74, 6) is 0.265. The summed E-state index contributed by atoms with van der Waals surface area (Å²) in [6.07, 6.45) is 2.13. The zero-order chi connectivity index (χ0) is 18.1. The molecule has 3 heterocycles. The molecule has 0 saturated carbocycles. The van der Waals surface area contributed by atoms with E-state index < -0.39 is 0 Å². The minimum atomic E-state index is 0.265. The highest BCUT2D eigenvalue weighted by Gasteiger charge is 2.28. The Kier molecular flexibility index (Phi) is 4.72. The molecule has 0 N–H and O–H groups in total. The molecule has 4 rings (SSSR count). The van der Waals surface area contributed by atoms with Crippen molar-refractivity contribution in [2.75, 3.05) is 44.2 Å². The fraction of sp³-hybridized carbons (Fsp3) is 0.476. The largest absolute Gasteiger partial charge is 0.368 e. The van der Waals surface area contributed by atoms with Crippen molar-refractivity contribution < 1.29 is 4.79 Å². The summed E-state index contributed by atoms with van der Waals surface area (Å²) in [7, 11) is 0. The van der Waals surface area contributed by atoms with Crippen LogP contribution in [0.3, 0.4) is 0 Å². The van der Waals surface area contributed by atoms with E-state index in [9.17, 15) is 4.79 Å². The van der Waals surface area contributed by atoms with E-state index in [1.807, 2.05) is 4.90 Å². The number of hydrogen-bond acceptors (Lipinski definition) is 3. The first-order chi connectivity index (χ1) is 12.6. The van der Waals surface area contributed by atoms with E-state index in [0.717, 1.165) is 39.3 Å². The Hall–Kier alpha value is -2.27. The summed E-state index contributed by atoms with van der Waals surface area (Å²) < 4.78 is 2.30. The van der Waals surface area contributed by atoms with Gasteiger partial charge in [-0.2, -0.15) is 0 Å². The molecule has 1 aromatic carbocycles. The number of piperazine rings is 1. The first-order valence-electron chi connectivity index (χ1n) is 9.60. The molecule has 0 radical (unpaired) electrons. The third kappa shape index (κ3) is 3.36. The zero-order valence-corrected chi connectivity index (χ0v) is 15.8. The lowest BCUT2D eigenvalue weighted by Gasteiger charge is -2.39. The molecule has 0 spiro atoms. The van der Waals surface area contributed by atoms with Crippen LogP contribution >= 0.6 is 0 Å². The summed E-state index contributed by atoms with van der Waals surface area (Å²) in [6, 6.07) is 13.2. The third-order valence-corrected chi connectivity index (χ3v) is 5.81. The second kappa shape index (κ2) is 7.16. The van der Waals surface area contributed by atoms with Gasteiger partial charge in [0.05, 0.1) is 6.54 Å². The van der Waals surface area contributed by atoms with Gasteiger partial charge in [0.1, 0.15) is 0 Å². The lowest BCUT2D eigenvalue weighted by Crippen LogP contribution is -2.52. The van der Waals surface area contributed by atoms with Gasteiger partial charge in [0.25, 0.3) is 0 Å². The Morgan fingerprint density at radius 2 is 1.85 bits per heavy atom. The van der Waals surface area contributed by atoms with Gasteiger partial charge in [-0.25, -0.2) is 0 Å². The molecule has 2 aromatic rings. The molecule has 2 aliphatic heterocycles. The van der Waals surface area contributed by atoms with Crippen LogP contribution in [0.5, 0.6) is 0 Å². The summed E-state index contributed by atoms with van der Waals surface area (Å²) in [5, 5.41) is 0. The van der Waals surface area contributed by atoms with E-state index in [1.165, 1.54) is 16.9 Å². The van der Waals surface area contributed by atoms with Crippen molar-refractivity contribution in [3.05, 3.63) is 53.9 Å². The molecule has 138 valence electrons. The van der Waals surface area contributed by atoms with Crippen LogP contribution in [0, 0.1) is 6.92 Å². The van der Waals surface area contributed by atoms with Crippen molar-refractivity contribution in [2.24, 2.45) is 0 Å². The molecule has 2 aliphatic rings. The number of nitrogens with zero attached hydrogens (tertiary/aromatic N) is 4. The van der Waals surface area contributed by atoms with Crippen LogP contribution in [0.1, 0.15) is 24.2 Å². The lowest BCUT2D eigenvalue weighted by molar-refractivity contribution is -0.133. The molecule has 26 heavy (non-hydrogen) atoms. The van der Waals surface area contributed by atoms with Crippen LogP contribution in [0.4, 0.5) is 5.69 Å². The fourth-order valence-corrected chi connectivity index (χ4v) is 4.16. The number of fused-ring (bicyclic) bond motifs is 1. The van der Waals surface area contributed by atoms with Crippen molar-refractivity contribution in [1.82, 2.24) is 14.4 Å². The molecule has 1 amide bonds. The Balaban J connectivity index is 1.33. The van der Waals surface area contributed by atoms with Crippen LogP contribution in [-0.4, -0.2) is 59.5 Å². The quantitative estimate of drug-likeness (QED) is 0.851. The Labute approximate surface area is 155 Å². The summed E-state index contributed by atoms with van der Waals surface area (Å²) in [6.45, 7) is 10.2. The van der Waals surface area contributed by atoms with Crippen molar-refractivity contribution in [3.8, 4) is 0 Å². The smallest absolute Gasteiger partial charge is 0.236 e. The van der Waals surface area contributed by atoms with Crippen LogP contribution < -0.4 is 4.90 Å². The molecule has 0 aliphatic carbocycles. The molecular formula is C21H28N4O.